The molecule has 3 nitrogen and oxygen atoms in total. The number of carbonyl (C=O) groups excluding carboxylic acids is 1. The number of benzene rings is 1. The molecule has 1 rings (SSSR count). The molecule has 2 unspecified atom stereocenters. The van der Waals surface area contributed by atoms with Crippen molar-refractivity contribution >= 4 is 5.91 Å². The van der Waals surface area contributed by atoms with Gasteiger partial charge in [0.25, 0.3) is 0 Å². The van der Waals surface area contributed by atoms with Gasteiger partial charge in [0.2, 0.25) is 5.91 Å². The largest absolute Gasteiger partial charge is 0.350 e. The number of aryl methyl sites for hydroxylation is 1. The highest BCUT2D eigenvalue weighted by atomic mass is 16.1. The Balaban J connectivity index is 2.44. The van der Waals surface area contributed by atoms with E-state index in [0.717, 1.165) is 18.4 Å². The van der Waals surface area contributed by atoms with E-state index in [2.05, 4.69) is 50.4 Å². The summed E-state index contributed by atoms with van der Waals surface area (Å²) in [6.45, 7) is 9.20. The van der Waals surface area contributed by atoms with Gasteiger partial charge in [0.1, 0.15) is 0 Å². The molecule has 0 saturated carbocycles. The van der Waals surface area contributed by atoms with Crippen LogP contribution in [-0.4, -0.2) is 12.5 Å². The summed E-state index contributed by atoms with van der Waals surface area (Å²) >= 11 is 0. The molecular formula is C18H30N2O. The Morgan fingerprint density at radius 1 is 1.14 bits per heavy atom. The highest BCUT2D eigenvalue weighted by Crippen LogP contribution is 2.21. The quantitative estimate of drug-likeness (QED) is 0.769. The molecule has 118 valence electrons. The van der Waals surface area contributed by atoms with Gasteiger partial charge in [0, 0.05) is 6.42 Å². The Labute approximate surface area is 129 Å². The van der Waals surface area contributed by atoms with E-state index in [4.69, 9.17) is 5.73 Å². The van der Waals surface area contributed by atoms with E-state index in [1.54, 1.807) is 0 Å². The Morgan fingerprint density at radius 3 is 2.29 bits per heavy atom. The topological polar surface area (TPSA) is 55.1 Å². The third kappa shape index (κ3) is 6.30. The molecule has 0 bridgehead atoms. The first-order valence-electron chi connectivity index (χ1n) is 8.00. The monoisotopic (exact) mass is 290 g/mol. The third-order valence-electron chi connectivity index (χ3n) is 4.18. The molecule has 0 saturated heterocycles. The minimum atomic E-state index is 0.0603. The van der Waals surface area contributed by atoms with Crippen LogP contribution < -0.4 is 11.1 Å². The average molecular weight is 290 g/mol. The van der Waals surface area contributed by atoms with Gasteiger partial charge in [-0.2, -0.15) is 0 Å². The molecule has 1 amide bonds. The maximum Gasteiger partial charge on any atom is 0.220 e. The van der Waals surface area contributed by atoms with Crippen molar-refractivity contribution < 1.29 is 4.79 Å². The first-order chi connectivity index (χ1) is 9.93. The maximum atomic E-state index is 12.1. The van der Waals surface area contributed by atoms with Crippen LogP contribution in [0.4, 0.5) is 0 Å². The van der Waals surface area contributed by atoms with Crippen molar-refractivity contribution in [2.24, 2.45) is 17.6 Å². The lowest BCUT2D eigenvalue weighted by atomic mass is 9.88. The third-order valence-corrected chi connectivity index (χ3v) is 4.18. The molecule has 0 aliphatic rings. The molecule has 1 aromatic rings. The van der Waals surface area contributed by atoms with Crippen LogP contribution in [-0.2, 0) is 4.79 Å². The van der Waals surface area contributed by atoms with Crippen LogP contribution >= 0.6 is 0 Å². The number of hydrogen-bond acceptors (Lipinski definition) is 2. The molecule has 3 heteroatoms. The molecule has 21 heavy (non-hydrogen) atoms. The molecule has 0 heterocycles. The van der Waals surface area contributed by atoms with Crippen molar-refractivity contribution in [2.75, 3.05) is 6.54 Å². The fraction of sp³-hybridized carbons (Fsp3) is 0.611. The van der Waals surface area contributed by atoms with Crippen LogP contribution in [0.2, 0.25) is 0 Å². The predicted octanol–water partition coefficient (Wildman–Crippen LogP) is 3.57. The Bertz CT molecular complexity index is 425. The SMILES string of the molecule is Cc1ccc(C(C)NC(=O)CCC(CCN)C(C)C)cc1. The normalized spacial score (nSPS) is 14.0. The van der Waals surface area contributed by atoms with Crippen LogP contribution in [0.1, 0.15) is 57.2 Å². The highest BCUT2D eigenvalue weighted by molar-refractivity contribution is 5.76. The fourth-order valence-corrected chi connectivity index (χ4v) is 2.59. The number of amides is 1. The second kappa shape index (κ2) is 8.83. The van der Waals surface area contributed by atoms with Crippen molar-refractivity contribution in [3.05, 3.63) is 35.4 Å². The Morgan fingerprint density at radius 2 is 1.76 bits per heavy atom. The Kier molecular flexibility index (Phi) is 7.44. The zero-order valence-electron chi connectivity index (χ0n) is 13.9. The van der Waals surface area contributed by atoms with E-state index >= 15 is 0 Å². The summed E-state index contributed by atoms with van der Waals surface area (Å²) in [5, 5.41) is 3.08. The minimum Gasteiger partial charge on any atom is -0.350 e. The predicted molar refractivity (Wildman–Crippen MR) is 89.0 cm³/mol. The second-order valence-electron chi connectivity index (χ2n) is 6.32. The number of hydrogen-bond donors (Lipinski definition) is 2. The van der Waals surface area contributed by atoms with Crippen LogP contribution in [0.3, 0.4) is 0 Å². The van der Waals surface area contributed by atoms with Crippen LogP contribution in [0.25, 0.3) is 0 Å². The molecule has 0 aromatic heterocycles. The molecule has 0 fully saturated rings. The number of nitrogens with one attached hydrogen (secondary N) is 1. The van der Waals surface area contributed by atoms with E-state index in [9.17, 15) is 4.79 Å². The van der Waals surface area contributed by atoms with Gasteiger partial charge in [0.05, 0.1) is 6.04 Å². The first kappa shape index (κ1) is 17.7. The van der Waals surface area contributed by atoms with E-state index in [1.165, 1.54) is 5.56 Å². The Hall–Kier alpha value is -1.35. The van der Waals surface area contributed by atoms with Gasteiger partial charge >= 0.3 is 0 Å². The summed E-state index contributed by atoms with van der Waals surface area (Å²) in [4.78, 5) is 12.1. The van der Waals surface area contributed by atoms with Gasteiger partial charge < -0.3 is 11.1 Å². The number of rotatable bonds is 8. The number of carbonyl (C=O) groups is 1. The van der Waals surface area contributed by atoms with Crippen LogP contribution in [0.15, 0.2) is 24.3 Å². The van der Waals surface area contributed by atoms with Crippen molar-refractivity contribution in [3.63, 3.8) is 0 Å². The summed E-state index contributed by atoms with van der Waals surface area (Å²) in [5.41, 5.74) is 8.03. The van der Waals surface area contributed by atoms with Gasteiger partial charge in [-0.1, -0.05) is 43.7 Å². The standard InChI is InChI=1S/C18H30N2O/c1-13(2)16(11-12-19)9-10-18(21)20-15(4)17-7-5-14(3)6-8-17/h5-8,13,15-16H,9-12,19H2,1-4H3,(H,20,21). The lowest BCUT2D eigenvalue weighted by Crippen LogP contribution is -2.27. The van der Waals surface area contributed by atoms with Crippen molar-refractivity contribution in [1.29, 1.82) is 0 Å². The molecule has 0 radical (unpaired) electrons. The van der Waals surface area contributed by atoms with Gasteiger partial charge in [-0.25, -0.2) is 0 Å². The van der Waals surface area contributed by atoms with E-state index in [0.29, 0.717) is 24.8 Å². The smallest absolute Gasteiger partial charge is 0.220 e. The molecule has 0 spiro atoms. The zero-order valence-corrected chi connectivity index (χ0v) is 13.9. The molecular weight excluding hydrogens is 260 g/mol. The molecule has 3 N–H and O–H groups in total. The first-order valence-corrected chi connectivity index (χ1v) is 8.00. The summed E-state index contributed by atoms with van der Waals surface area (Å²) in [7, 11) is 0. The van der Waals surface area contributed by atoms with Crippen molar-refractivity contribution in [1.82, 2.24) is 5.32 Å². The lowest BCUT2D eigenvalue weighted by molar-refractivity contribution is -0.122. The van der Waals surface area contributed by atoms with Gasteiger partial charge in [-0.15, -0.1) is 0 Å². The fourth-order valence-electron chi connectivity index (χ4n) is 2.59. The van der Waals surface area contributed by atoms with Crippen LogP contribution in [0, 0.1) is 18.8 Å². The van der Waals surface area contributed by atoms with Crippen molar-refractivity contribution in [2.45, 2.75) is 53.0 Å². The van der Waals surface area contributed by atoms with E-state index in [-0.39, 0.29) is 11.9 Å². The average Bonchev–Trinajstić information content (AvgIpc) is 2.43. The molecule has 0 aliphatic carbocycles. The summed E-state index contributed by atoms with van der Waals surface area (Å²) < 4.78 is 0. The van der Waals surface area contributed by atoms with Crippen molar-refractivity contribution in [3.8, 4) is 0 Å². The summed E-state index contributed by atoms with van der Waals surface area (Å²) in [6.07, 6.45) is 2.50. The lowest BCUT2D eigenvalue weighted by Gasteiger charge is -2.20. The zero-order chi connectivity index (χ0) is 15.8. The molecule has 2 atom stereocenters. The van der Waals surface area contributed by atoms with Gasteiger partial charge in [-0.05, 0) is 50.6 Å². The second-order valence-corrected chi connectivity index (χ2v) is 6.32. The number of nitrogens with two attached hydrogens (primary N) is 1. The minimum absolute atomic E-state index is 0.0603. The summed E-state index contributed by atoms with van der Waals surface area (Å²) in [6, 6.07) is 8.37. The van der Waals surface area contributed by atoms with E-state index < -0.39 is 0 Å². The van der Waals surface area contributed by atoms with Crippen LogP contribution in [0.5, 0.6) is 0 Å². The van der Waals surface area contributed by atoms with Gasteiger partial charge in [-0.3, -0.25) is 4.79 Å². The molecule has 0 aliphatic heterocycles. The summed E-state index contributed by atoms with van der Waals surface area (Å²) in [5.74, 6) is 1.25. The maximum absolute atomic E-state index is 12.1. The highest BCUT2D eigenvalue weighted by Gasteiger charge is 2.15. The van der Waals surface area contributed by atoms with E-state index in [1.807, 2.05) is 6.92 Å². The molecule has 1 aromatic carbocycles. The van der Waals surface area contributed by atoms with Gasteiger partial charge in [0.15, 0.2) is 0 Å².